The number of ether oxygens (including phenoxy) is 1. The number of rotatable bonds is 3. The van der Waals surface area contributed by atoms with Crippen molar-refractivity contribution in [1.29, 1.82) is 0 Å². The molecule has 9 heteroatoms. The van der Waals surface area contributed by atoms with Gasteiger partial charge in [0, 0.05) is 11.8 Å². The van der Waals surface area contributed by atoms with E-state index in [4.69, 9.17) is 4.74 Å². The first-order valence-electron chi connectivity index (χ1n) is 5.85. The first-order valence-corrected chi connectivity index (χ1v) is 5.85. The van der Waals surface area contributed by atoms with Crippen molar-refractivity contribution in [1.82, 2.24) is 9.97 Å². The summed E-state index contributed by atoms with van der Waals surface area (Å²) >= 11 is 0. The molecule has 1 aromatic heterocycles. The Hall–Kier alpha value is -2.71. The summed E-state index contributed by atoms with van der Waals surface area (Å²) in [5, 5.41) is 2.20. The number of anilines is 1. The number of hydrogen-bond donors (Lipinski definition) is 1. The Kier molecular flexibility index (Phi) is 4.25. The van der Waals surface area contributed by atoms with Crippen LogP contribution in [0.5, 0.6) is 5.88 Å². The first kappa shape index (κ1) is 15.7. The number of benzene rings is 1. The molecule has 0 aliphatic rings. The minimum absolute atomic E-state index is 0.107. The van der Waals surface area contributed by atoms with Gasteiger partial charge in [-0.05, 0) is 18.2 Å². The Morgan fingerprint density at radius 1 is 1.23 bits per heavy atom. The number of halogens is 4. The lowest BCUT2D eigenvalue weighted by atomic mass is 10.1. The quantitative estimate of drug-likeness (QED) is 0.885. The lowest BCUT2D eigenvalue weighted by molar-refractivity contribution is -0.139. The number of carbonyl (C=O) groups is 1. The number of aromatic nitrogens is 2. The van der Waals surface area contributed by atoms with Gasteiger partial charge in [-0.15, -0.1) is 0 Å². The van der Waals surface area contributed by atoms with Gasteiger partial charge < -0.3 is 10.1 Å². The van der Waals surface area contributed by atoms with Gasteiger partial charge in [0.1, 0.15) is 17.8 Å². The molecular weight excluding hydrogens is 306 g/mol. The number of hydrogen-bond acceptors (Lipinski definition) is 4. The van der Waals surface area contributed by atoms with Crippen molar-refractivity contribution in [2.45, 2.75) is 6.18 Å². The fraction of sp³-hybridized carbons (Fsp3) is 0.154. The third kappa shape index (κ3) is 3.48. The van der Waals surface area contributed by atoms with Crippen LogP contribution in [0.25, 0.3) is 0 Å². The van der Waals surface area contributed by atoms with E-state index in [9.17, 15) is 22.4 Å². The van der Waals surface area contributed by atoms with E-state index in [0.29, 0.717) is 12.1 Å². The van der Waals surface area contributed by atoms with E-state index in [-0.39, 0.29) is 17.3 Å². The van der Waals surface area contributed by atoms with E-state index in [1.54, 1.807) is 0 Å². The molecule has 22 heavy (non-hydrogen) atoms. The van der Waals surface area contributed by atoms with E-state index < -0.39 is 23.5 Å². The van der Waals surface area contributed by atoms with Crippen molar-refractivity contribution >= 4 is 11.6 Å². The number of carbonyl (C=O) groups excluding carboxylic acids is 1. The Morgan fingerprint density at radius 3 is 2.59 bits per heavy atom. The summed E-state index contributed by atoms with van der Waals surface area (Å²) in [6, 6.07) is 3.36. The molecule has 116 valence electrons. The summed E-state index contributed by atoms with van der Waals surface area (Å²) < 4.78 is 55.8. The molecule has 0 radical (unpaired) electrons. The maximum atomic E-state index is 13.2. The average Bonchev–Trinajstić information content (AvgIpc) is 2.48. The SMILES string of the molecule is COc1cc(C(=O)Nc2ccc(F)c(C(F)(F)F)c2)ncn1. The molecule has 0 atom stereocenters. The van der Waals surface area contributed by atoms with E-state index >= 15 is 0 Å². The minimum Gasteiger partial charge on any atom is -0.481 e. The van der Waals surface area contributed by atoms with Crippen LogP contribution < -0.4 is 10.1 Å². The second-order valence-corrected chi connectivity index (χ2v) is 4.09. The zero-order chi connectivity index (χ0) is 16.3. The molecule has 0 spiro atoms. The van der Waals surface area contributed by atoms with Gasteiger partial charge in [0.05, 0.1) is 12.7 Å². The van der Waals surface area contributed by atoms with Crippen LogP contribution >= 0.6 is 0 Å². The Balaban J connectivity index is 2.25. The molecule has 1 N–H and O–H groups in total. The average molecular weight is 315 g/mol. The fourth-order valence-corrected chi connectivity index (χ4v) is 1.59. The van der Waals surface area contributed by atoms with Crippen molar-refractivity contribution in [3.05, 3.63) is 47.7 Å². The smallest absolute Gasteiger partial charge is 0.419 e. The molecule has 0 bridgehead atoms. The normalized spacial score (nSPS) is 11.1. The Bertz CT molecular complexity index is 704. The number of amides is 1. The van der Waals surface area contributed by atoms with Gasteiger partial charge in [-0.3, -0.25) is 4.79 Å². The van der Waals surface area contributed by atoms with Crippen LogP contribution in [0.3, 0.4) is 0 Å². The predicted octanol–water partition coefficient (Wildman–Crippen LogP) is 2.90. The summed E-state index contributed by atoms with van der Waals surface area (Å²) in [6.07, 6.45) is -3.79. The minimum atomic E-state index is -4.86. The molecule has 0 saturated carbocycles. The van der Waals surface area contributed by atoms with E-state index in [2.05, 4.69) is 15.3 Å². The summed E-state index contributed by atoms with van der Waals surface area (Å²) in [4.78, 5) is 19.3. The molecule has 0 aliphatic heterocycles. The molecule has 0 unspecified atom stereocenters. The van der Waals surface area contributed by atoms with Gasteiger partial charge >= 0.3 is 6.18 Å². The molecule has 0 saturated heterocycles. The molecule has 1 heterocycles. The van der Waals surface area contributed by atoms with Crippen molar-refractivity contribution in [3.63, 3.8) is 0 Å². The molecule has 1 amide bonds. The highest BCUT2D eigenvalue weighted by atomic mass is 19.4. The van der Waals surface area contributed by atoms with Crippen molar-refractivity contribution < 1.29 is 27.1 Å². The topological polar surface area (TPSA) is 64.1 Å². The maximum absolute atomic E-state index is 13.2. The Morgan fingerprint density at radius 2 is 1.95 bits per heavy atom. The van der Waals surface area contributed by atoms with Crippen LogP contribution in [0.15, 0.2) is 30.6 Å². The summed E-state index contributed by atoms with van der Waals surface area (Å²) in [6.45, 7) is 0. The molecule has 2 aromatic rings. The van der Waals surface area contributed by atoms with Crippen LogP contribution in [0.4, 0.5) is 23.2 Å². The van der Waals surface area contributed by atoms with Crippen LogP contribution in [0, 0.1) is 5.82 Å². The van der Waals surface area contributed by atoms with Gasteiger partial charge in [-0.25, -0.2) is 14.4 Å². The Labute approximate surface area is 122 Å². The zero-order valence-corrected chi connectivity index (χ0v) is 11.1. The maximum Gasteiger partial charge on any atom is 0.419 e. The predicted molar refractivity (Wildman–Crippen MR) is 67.9 cm³/mol. The highest BCUT2D eigenvalue weighted by molar-refractivity contribution is 6.03. The number of nitrogens with one attached hydrogen (secondary N) is 1. The van der Waals surface area contributed by atoms with Crippen LogP contribution in [0.2, 0.25) is 0 Å². The first-order chi connectivity index (χ1) is 10.3. The summed E-state index contributed by atoms with van der Waals surface area (Å²) in [7, 11) is 1.33. The molecule has 0 fully saturated rings. The van der Waals surface area contributed by atoms with Crippen LogP contribution in [-0.2, 0) is 6.18 Å². The highest BCUT2D eigenvalue weighted by Crippen LogP contribution is 2.33. The van der Waals surface area contributed by atoms with Crippen molar-refractivity contribution in [3.8, 4) is 5.88 Å². The van der Waals surface area contributed by atoms with Crippen molar-refractivity contribution in [2.24, 2.45) is 0 Å². The van der Waals surface area contributed by atoms with Gasteiger partial charge in [-0.2, -0.15) is 13.2 Å². The van der Waals surface area contributed by atoms with Gasteiger partial charge in [0.25, 0.3) is 5.91 Å². The lowest BCUT2D eigenvalue weighted by Crippen LogP contribution is -2.15. The third-order valence-electron chi connectivity index (χ3n) is 2.61. The van der Waals surface area contributed by atoms with Crippen molar-refractivity contribution in [2.75, 3.05) is 12.4 Å². The zero-order valence-electron chi connectivity index (χ0n) is 11.1. The van der Waals surface area contributed by atoms with E-state index in [1.807, 2.05) is 0 Å². The molecule has 2 rings (SSSR count). The monoisotopic (exact) mass is 315 g/mol. The molecule has 0 aliphatic carbocycles. The van der Waals surface area contributed by atoms with E-state index in [1.165, 1.54) is 13.2 Å². The lowest BCUT2D eigenvalue weighted by Gasteiger charge is -2.11. The largest absolute Gasteiger partial charge is 0.481 e. The molecule has 5 nitrogen and oxygen atoms in total. The third-order valence-corrected chi connectivity index (χ3v) is 2.61. The second kappa shape index (κ2) is 5.96. The highest BCUT2D eigenvalue weighted by Gasteiger charge is 2.34. The number of nitrogens with zero attached hydrogens (tertiary/aromatic N) is 2. The number of alkyl halides is 3. The number of methoxy groups -OCH3 is 1. The molecular formula is C13H9F4N3O2. The summed E-state index contributed by atoms with van der Waals surface area (Å²) in [5.74, 6) is -2.08. The van der Waals surface area contributed by atoms with Gasteiger partial charge in [0.15, 0.2) is 0 Å². The molecule has 1 aromatic carbocycles. The fourth-order valence-electron chi connectivity index (χ4n) is 1.59. The van der Waals surface area contributed by atoms with E-state index in [0.717, 1.165) is 12.4 Å². The van der Waals surface area contributed by atoms with Gasteiger partial charge in [-0.1, -0.05) is 0 Å². The summed E-state index contributed by atoms with van der Waals surface area (Å²) in [5.41, 5.74) is -1.79. The second-order valence-electron chi connectivity index (χ2n) is 4.09. The standard InChI is InChI=1S/C13H9F4N3O2/c1-22-11-5-10(18-6-19-11)12(21)20-7-2-3-9(14)8(4-7)13(15,16)17/h2-6H,1H3,(H,20,21). The van der Waals surface area contributed by atoms with Gasteiger partial charge in [0.2, 0.25) is 5.88 Å². The van der Waals surface area contributed by atoms with Crippen LogP contribution in [-0.4, -0.2) is 23.0 Å². The van der Waals surface area contributed by atoms with Crippen LogP contribution in [0.1, 0.15) is 16.1 Å².